The molecule has 246 valence electrons. The molecule has 0 saturated heterocycles. The second-order valence-electron chi connectivity index (χ2n) is 11.3. The minimum Gasteiger partial charge on any atom is -0.496 e. The van der Waals surface area contributed by atoms with E-state index in [9.17, 15) is 34.1 Å². The number of nitrogens with one attached hydrogen (secondary N) is 1. The molecule has 3 aromatic carbocycles. The zero-order chi connectivity index (χ0) is 34.2. The summed E-state index contributed by atoms with van der Waals surface area (Å²) in [5, 5.41) is 42.3. The van der Waals surface area contributed by atoms with Gasteiger partial charge in [-0.05, 0) is 60.9 Å². The molecule has 0 bridgehead atoms. The first kappa shape index (κ1) is 34.6. The first-order chi connectivity index (χ1) is 22.4. The fraction of sp³-hybridized carbons (Fsp3) is 0.250. The molecule has 0 aliphatic rings. The Labute approximate surface area is 271 Å². The average Bonchev–Trinajstić information content (AvgIpc) is 3.38. The van der Waals surface area contributed by atoms with Crippen LogP contribution in [-0.2, 0) is 11.3 Å². The number of rotatable bonds is 14. The minimum absolute atomic E-state index is 0.00214. The van der Waals surface area contributed by atoms with Crippen molar-refractivity contribution < 1.29 is 43.9 Å². The van der Waals surface area contributed by atoms with E-state index in [1.807, 2.05) is 44.2 Å². The highest BCUT2D eigenvalue weighted by molar-refractivity contribution is 6.06. The Morgan fingerprint density at radius 3 is 2.19 bits per heavy atom. The molecule has 10 nitrogen and oxygen atoms in total. The first-order valence-corrected chi connectivity index (χ1v) is 14.9. The molecule has 1 heterocycles. The van der Waals surface area contributed by atoms with Gasteiger partial charge in [0.2, 0.25) is 0 Å². The normalized spacial score (nSPS) is 12.7. The SMILES string of the molecule is COc1ccc(CNC(=O)c2c(-c3ccccc3)c(-c3ccc(F)cc3)c(/C=C/[C@@H](O)C[C@@H](O)CC(=O)O)n2C(C)C)cc1C(=O)O. The number of nitrogens with zero attached hydrogens (tertiary/aromatic N) is 1. The molecule has 4 aromatic rings. The molecule has 1 amide bonds. The van der Waals surface area contributed by atoms with Crippen LogP contribution in [0.15, 0.2) is 78.9 Å². The molecule has 0 fully saturated rings. The van der Waals surface area contributed by atoms with Gasteiger partial charge in [-0.2, -0.15) is 0 Å². The molecular weight excluding hydrogens is 607 g/mol. The number of amides is 1. The first-order valence-electron chi connectivity index (χ1n) is 14.9. The number of hydrogen-bond donors (Lipinski definition) is 5. The van der Waals surface area contributed by atoms with Crippen LogP contribution in [0.4, 0.5) is 4.39 Å². The lowest BCUT2D eigenvalue weighted by atomic mass is 9.94. The van der Waals surface area contributed by atoms with Crippen LogP contribution in [0.1, 0.15) is 64.8 Å². The second-order valence-corrected chi connectivity index (χ2v) is 11.3. The minimum atomic E-state index is -1.28. The lowest BCUT2D eigenvalue weighted by Gasteiger charge is -2.17. The molecule has 0 saturated carbocycles. The van der Waals surface area contributed by atoms with Crippen LogP contribution in [0.2, 0.25) is 0 Å². The Hall–Kier alpha value is -5.26. The van der Waals surface area contributed by atoms with Crippen molar-refractivity contribution in [3.05, 3.63) is 107 Å². The van der Waals surface area contributed by atoms with Crippen LogP contribution >= 0.6 is 0 Å². The van der Waals surface area contributed by atoms with Crippen molar-refractivity contribution in [2.45, 2.75) is 51.5 Å². The monoisotopic (exact) mass is 644 g/mol. The highest BCUT2D eigenvalue weighted by Gasteiger charge is 2.29. The zero-order valence-electron chi connectivity index (χ0n) is 26.2. The second kappa shape index (κ2) is 15.4. The Morgan fingerprint density at radius 2 is 1.60 bits per heavy atom. The molecule has 2 atom stereocenters. The highest BCUT2D eigenvalue weighted by Crippen LogP contribution is 2.42. The number of ether oxygens (including phenoxy) is 1. The largest absolute Gasteiger partial charge is 0.496 e. The number of aromatic carboxylic acids is 1. The number of carboxylic acids is 2. The molecule has 0 unspecified atom stereocenters. The maximum Gasteiger partial charge on any atom is 0.339 e. The number of methoxy groups -OCH3 is 1. The molecule has 11 heteroatoms. The summed E-state index contributed by atoms with van der Waals surface area (Å²) in [5.74, 6) is -3.10. The average molecular weight is 645 g/mol. The Balaban J connectivity index is 1.89. The van der Waals surface area contributed by atoms with Crippen molar-refractivity contribution in [1.82, 2.24) is 9.88 Å². The summed E-state index contributed by atoms with van der Waals surface area (Å²) >= 11 is 0. The fourth-order valence-corrected chi connectivity index (χ4v) is 5.47. The number of aliphatic hydroxyl groups excluding tert-OH is 2. The van der Waals surface area contributed by atoms with Gasteiger partial charge in [-0.3, -0.25) is 9.59 Å². The van der Waals surface area contributed by atoms with Crippen molar-refractivity contribution in [2.24, 2.45) is 0 Å². The number of halogens is 1. The maximum absolute atomic E-state index is 14.2. The van der Waals surface area contributed by atoms with Gasteiger partial charge >= 0.3 is 11.9 Å². The fourth-order valence-electron chi connectivity index (χ4n) is 5.47. The van der Waals surface area contributed by atoms with E-state index in [0.29, 0.717) is 33.5 Å². The van der Waals surface area contributed by atoms with Crippen molar-refractivity contribution >= 4 is 23.9 Å². The summed E-state index contributed by atoms with van der Waals surface area (Å²) in [4.78, 5) is 37.0. The standard InChI is InChI=1S/C36H37FN2O8/c1-21(2)39-29(15-14-26(40)18-27(41)19-31(42)43)32(24-10-12-25(37)13-11-24)33(23-7-5-4-6-8-23)34(39)35(44)38-20-22-9-16-30(47-3)28(17-22)36(45)46/h4-17,21,26-27,40-41H,18-20H2,1-3H3,(H,38,44)(H,42,43)(H,45,46)/b15-14+/t26-,27-/m1/s1. The number of hydrogen-bond acceptors (Lipinski definition) is 6. The van der Waals surface area contributed by atoms with Gasteiger partial charge < -0.3 is 35.0 Å². The van der Waals surface area contributed by atoms with Crippen molar-refractivity contribution in [1.29, 1.82) is 0 Å². The third kappa shape index (κ3) is 8.32. The van der Waals surface area contributed by atoms with Crippen LogP contribution < -0.4 is 10.1 Å². The van der Waals surface area contributed by atoms with Gasteiger partial charge in [0.05, 0.1) is 25.7 Å². The van der Waals surface area contributed by atoms with E-state index in [4.69, 9.17) is 9.84 Å². The van der Waals surface area contributed by atoms with Gasteiger partial charge in [0.25, 0.3) is 5.91 Å². The van der Waals surface area contributed by atoms with Crippen LogP contribution in [0.5, 0.6) is 5.75 Å². The predicted molar refractivity (Wildman–Crippen MR) is 175 cm³/mol. The summed E-state index contributed by atoms with van der Waals surface area (Å²) in [7, 11) is 1.37. The lowest BCUT2D eigenvalue weighted by Crippen LogP contribution is -2.27. The summed E-state index contributed by atoms with van der Waals surface area (Å²) in [5.41, 5.74) is 3.69. The molecule has 0 radical (unpaired) electrons. The molecule has 1 aromatic heterocycles. The number of carboxylic acid groups (broad SMARTS) is 2. The van der Waals surface area contributed by atoms with Crippen molar-refractivity contribution in [3.8, 4) is 28.0 Å². The summed E-state index contributed by atoms with van der Waals surface area (Å²) < 4.78 is 21.0. The quantitative estimate of drug-likeness (QED) is 0.116. The third-order valence-electron chi connectivity index (χ3n) is 7.52. The smallest absolute Gasteiger partial charge is 0.339 e. The molecule has 0 aliphatic carbocycles. The number of benzene rings is 3. The van der Waals surface area contributed by atoms with E-state index in [1.54, 1.807) is 28.8 Å². The van der Waals surface area contributed by atoms with E-state index in [2.05, 4.69) is 5.32 Å². The van der Waals surface area contributed by atoms with E-state index in [0.717, 1.165) is 0 Å². The molecule has 0 spiro atoms. The van der Waals surface area contributed by atoms with E-state index in [1.165, 1.54) is 37.5 Å². The van der Waals surface area contributed by atoms with Crippen LogP contribution in [0, 0.1) is 5.82 Å². The summed E-state index contributed by atoms with van der Waals surface area (Å²) in [6, 6.07) is 19.3. The maximum atomic E-state index is 14.2. The van der Waals surface area contributed by atoms with Crippen LogP contribution in [0.25, 0.3) is 28.3 Å². The topological polar surface area (TPSA) is 158 Å². The van der Waals surface area contributed by atoms with Crippen molar-refractivity contribution in [2.75, 3.05) is 7.11 Å². The molecule has 4 rings (SSSR count). The van der Waals surface area contributed by atoms with Gasteiger partial charge in [-0.15, -0.1) is 0 Å². The Morgan fingerprint density at radius 1 is 0.936 bits per heavy atom. The van der Waals surface area contributed by atoms with Crippen LogP contribution in [-0.4, -0.2) is 62.2 Å². The Bertz CT molecular complexity index is 1760. The third-order valence-corrected chi connectivity index (χ3v) is 7.52. The zero-order valence-corrected chi connectivity index (χ0v) is 26.2. The number of carbonyl (C=O) groups is 3. The number of aromatic nitrogens is 1. The lowest BCUT2D eigenvalue weighted by molar-refractivity contribution is -0.139. The molecule has 47 heavy (non-hydrogen) atoms. The molecule has 5 N–H and O–H groups in total. The van der Waals surface area contributed by atoms with E-state index in [-0.39, 0.29) is 36.0 Å². The number of carbonyl (C=O) groups excluding carboxylic acids is 1. The van der Waals surface area contributed by atoms with Gasteiger partial charge in [-0.25, -0.2) is 9.18 Å². The summed E-state index contributed by atoms with van der Waals surface area (Å²) in [6.45, 7) is 3.76. The number of aliphatic hydroxyl groups is 2. The van der Waals surface area contributed by atoms with Gasteiger partial charge in [0.15, 0.2) is 0 Å². The Kier molecular flexibility index (Phi) is 11.3. The van der Waals surface area contributed by atoms with Gasteiger partial charge in [-0.1, -0.05) is 54.6 Å². The van der Waals surface area contributed by atoms with Crippen molar-refractivity contribution in [3.63, 3.8) is 0 Å². The predicted octanol–water partition coefficient (Wildman–Crippen LogP) is 5.78. The van der Waals surface area contributed by atoms with E-state index >= 15 is 0 Å². The van der Waals surface area contributed by atoms with E-state index < -0.39 is 42.3 Å². The van der Waals surface area contributed by atoms with Gasteiger partial charge in [0.1, 0.15) is 22.8 Å². The highest BCUT2D eigenvalue weighted by atomic mass is 19.1. The van der Waals surface area contributed by atoms with Gasteiger partial charge in [0, 0.05) is 35.8 Å². The number of aliphatic carboxylic acids is 1. The molecule has 0 aliphatic heterocycles. The molecular formula is C36H37FN2O8. The summed E-state index contributed by atoms with van der Waals surface area (Å²) in [6.07, 6.45) is -0.205. The van der Waals surface area contributed by atoms with Crippen LogP contribution in [0.3, 0.4) is 0 Å².